The van der Waals surface area contributed by atoms with Gasteiger partial charge < -0.3 is 14.6 Å². The molecule has 1 aromatic rings. The van der Waals surface area contributed by atoms with E-state index in [1.165, 1.54) is 19.2 Å². The first-order chi connectivity index (χ1) is 7.52. The van der Waals surface area contributed by atoms with Crippen LogP contribution in [0.2, 0.25) is 0 Å². The predicted molar refractivity (Wildman–Crippen MR) is 54.7 cm³/mol. The van der Waals surface area contributed by atoms with Gasteiger partial charge in [0, 0.05) is 5.56 Å². The molecule has 0 heterocycles. The van der Waals surface area contributed by atoms with Crippen molar-refractivity contribution in [2.24, 2.45) is 0 Å². The lowest BCUT2D eigenvalue weighted by Gasteiger charge is -2.16. The summed E-state index contributed by atoms with van der Waals surface area (Å²) in [7, 11) is 2.41. The van der Waals surface area contributed by atoms with Gasteiger partial charge in [0.15, 0.2) is 17.7 Å². The molecule has 0 saturated carbocycles. The highest BCUT2D eigenvalue weighted by molar-refractivity contribution is 5.77. The number of hydrogen-bond donors (Lipinski definition) is 1. The molecule has 1 N–H and O–H groups in total. The van der Waals surface area contributed by atoms with Gasteiger partial charge in [0.2, 0.25) is 0 Å². The Morgan fingerprint density at radius 3 is 2.56 bits per heavy atom. The Labute approximate surface area is 92.6 Å². The van der Waals surface area contributed by atoms with Gasteiger partial charge in [0.05, 0.1) is 14.2 Å². The molecule has 0 amide bonds. The van der Waals surface area contributed by atoms with Gasteiger partial charge in [-0.2, -0.15) is 0 Å². The Balaban J connectivity index is 3.30. The van der Waals surface area contributed by atoms with E-state index in [9.17, 15) is 14.3 Å². The fourth-order valence-corrected chi connectivity index (χ4v) is 1.45. The van der Waals surface area contributed by atoms with Crippen LogP contribution in [0.1, 0.15) is 17.2 Å². The second-order valence-corrected chi connectivity index (χ2v) is 3.24. The summed E-state index contributed by atoms with van der Waals surface area (Å²) < 4.78 is 22.6. The van der Waals surface area contributed by atoms with E-state index in [2.05, 4.69) is 4.74 Å². The second kappa shape index (κ2) is 4.94. The van der Waals surface area contributed by atoms with E-state index in [0.29, 0.717) is 5.56 Å². The molecule has 0 saturated heterocycles. The van der Waals surface area contributed by atoms with Crippen molar-refractivity contribution >= 4 is 5.97 Å². The summed E-state index contributed by atoms with van der Waals surface area (Å²) >= 11 is 0. The number of aliphatic hydroxyl groups excluding tert-OH is 1. The highest BCUT2D eigenvalue weighted by Gasteiger charge is 2.25. The monoisotopic (exact) mass is 228 g/mol. The second-order valence-electron chi connectivity index (χ2n) is 3.24. The van der Waals surface area contributed by atoms with Crippen LogP contribution in [0.25, 0.3) is 0 Å². The lowest BCUT2D eigenvalue weighted by molar-refractivity contribution is -0.150. The van der Waals surface area contributed by atoms with Crippen molar-refractivity contribution in [2.75, 3.05) is 14.2 Å². The third kappa shape index (κ3) is 2.14. The largest absolute Gasteiger partial charge is 0.493 e. The summed E-state index contributed by atoms with van der Waals surface area (Å²) in [4.78, 5) is 11.2. The van der Waals surface area contributed by atoms with Crippen LogP contribution in [0, 0.1) is 12.7 Å². The van der Waals surface area contributed by atoms with Crippen molar-refractivity contribution in [1.82, 2.24) is 0 Å². The Bertz CT molecular complexity index is 403. The molecule has 0 radical (unpaired) electrons. The molecular formula is C11H13FO4. The zero-order chi connectivity index (χ0) is 12.3. The quantitative estimate of drug-likeness (QED) is 0.793. The summed E-state index contributed by atoms with van der Waals surface area (Å²) in [6.07, 6.45) is -1.55. The molecule has 0 aliphatic rings. The predicted octanol–water partition coefficient (Wildman–Crippen LogP) is 1.35. The summed E-state index contributed by atoms with van der Waals surface area (Å²) in [5.74, 6) is -1.63. The Kier molecular flexibility index (Phi) is 3.84. The summed E-state index contributed by atoms with van der Waals surface area (Å²) in [5, 5.41) is 9.69. The van der Waals surface area contributed by atoms with Crippen LogP contribution in [-0.2, 0) is 9.53 Å². The first-order valence-electron chi connectivity index (χ1n) is 4.61. The molecule has 4 nitrogen and oxygen atoms in total. The van der Waals surface area contributed by atoms with E-state index in [0.717, 1.165) is 7.11 Å². The molecule has 1 aromatic carbocycles. The lowest BCUT2D eigenvalue weighted by Crippen LogP contribution is -2.16. The van der Waals surface area contributed by atoms with E-state index in [1.807, 2.05) is 0 Å². The van der Waals surface area contributed by atoms with Gasteiger partial charge in [-0.05, 0) is 18.6 Å². The van der Waals surface area contributed by atoms with Crippen LogP contribution in [-0.4, -0.2) is 25.3 Å². The van der Waals surface area contributed by atoms with E-state index >= 15 is 0 Å². The number of benzene rings is 1. The number of esters is 1. The van der Waals surface area contributed by atoms with Gasteiger partial charge in [0.1, 0.15) is 0 Å². The molecule has 1 rings (SSSR count). The van der Waals surface area contributed by atoms with Crippen molar-refractivity contribution in [1.29, 1.82) is 0 Å². The Morgan fingerprint density at radius 2 is 2.06 bits per heavy atom. The van der Waals surface area contributed by atoms with Crippen molar-refractivity contribution in [3.05, 3.63) is 29.1 Å². The molecule has 88 valence electrons. The number of ether oxygens (including phenoxy) is 2. The molecule has 16 heavy (non-hydrogen) atoms. The van der Waals surface area contributed by atoms with Crippen LogP contribution in [0.3, 0.4) is 0 Å². The Hall–Kier alpha value is -1.62. The third-order valence-electron chi connectivity index (χ3n) is 2.27. The molecule has 1 atom stereocenters. The highest BCUT2D eigenvalue weighted by atomic mass is 19.1. The minimum absolute atomic E-state index is 0.0920. The van der Waals surface area contributed by atoms with E-state index in [1.54, 1.807) is 6.92 Å². The van der Waals surface area contributed by atoms with Gasteiger partial charge in [-0.3, -0.25) is 0 Å². The zero-order valence-corrected chi connectivity index (χ0v) is 9.28. The Morgan fingerprint density at radius 1 is 1.44 bits per heavy atom. The molecule has 0 spiro atoms. The van der Waals surface area contributed by atoms with Crippen molar-refractivity contribution < 1.29 is 23.8 Å². The minimum Gasteiger partial charge on any atom is -0.493 e. The molecule has 0 bridgehead atoms. The van der Waals surface area contributed by atoms with Crippen LogP contribution in [0.5, 0.6) is 5.75 Å². The SMILES string of the molecule is COC(=O)C(O)c1c(C)ccc(F)c1OC. The number of aryl methyl sites for hydroxylation is 1. The minimum atomic E-state index is -1.55. The molecule has 1 unspecified atom stereocenters. The first kappa shape index (κ1) is 12.4. The maximum absolute atomic E-state index is 13.4. The average molecular weight is 228 g/mol. The third-order valence-corrected chi connectivity index (χ3v) is 2.27. The van der Waals surface area contributed by atoms with Crippen molar-refractivity contribution in [3.63, 3.8) is 0 Å². The van der Waals surface area contributed by atoms with Crippen molar-refractivity contribution in [2.45, 2.75) is 13.0 Å². The summed E-state index contributed by atoms with van der Waals surface area (Å²) in [5.41, 5.74) is 0.644. The molecule has 0 fully saturated rings. The summed E-state index contributed by atoms with van der Waals surface area (Å²) in [6.45, 7) is 1.64. The van der Waals surface area contributed by atoms with E-state index < -0.39 is 17.9 Å². The van der Waals surface area contributed by atoms with Crippen LogP contribution in [0.4, 0.5) is 4.39 Å². The number of carbonyl (C=O) groups excluding carboxylic acids is 1. The van der Waals surface area contributed by atoms with Crippen LogP contribution < -0.4 is 4.74 Å². The average Bonchev–Trinajstić information content (AvgIpc) is 2.29. The standard InChI is InChI=1S/C11H13FO4/c1-6-4-5-7(12)10(15-2)8(6)9(13)11(14)16-3/h4-5,9,13H,1-3H3. The van der Waals surface area contributed by atoms with Gasteiger partial charge in [-0.1, -0.05) is 6.07 Å². The maximum Gasteiger partial charge on any atom is 0.339 e. The highest BCUT2D eigenvalue weighted by Crippen LogP contribution is 2.31. The number of aliphatic hydroxyl groups is 1. The first-order valence-corrected chi connectivity index (χ1v) is 4.61. The fourth-order valence-electron chi connectivity index (χ4n) is 1.45. The molecule has 5 heteroatoms. The lowest BCUT2D eigenvalue weighted by atomic mass is 10.0. The number of hydrogen-bond acceptors (Lipinski definition) is 4. The number of carbonyl (C=O) groups is 1. The van der Waals surface area contributed by atoms with Crippen LogP contribution >= 0.6 is 0 Å². The zero-order valence-electron chi connectivity index (χ0n) is 9.28. The fraction of sp³-hybridized carbons (Fsp3) is 0.364. The van der Waals surface area contributed by atoms with Gasteiger partial charge in [0.25, 0.3) is 0 Å². The normalized spacial score (nSPS) is 12.1. The van der Waals surface area contributed by atoms with Gasteiger partial charge in [-0.25, -0.2) is 9.18 Å². The number of rotatable bonds is 3. The number of halogens is 1. The van der Waals surface area contributed by atoms with Gasteiger partial charge >= 0.3 is 5.97 Å². The summed E-state index contributed by atoms with van der Waals surface area (Å²) in [6, 6.07) is 2.67. The topological polar surface area (TPSA) is 55.8 Å². The van der Waals surface area contributed by atoms with E-state index in [4.69, 9.17) is 4.74 Å². The molecular weight excluding hydrogens is 215 g/mol. The van der Waals surface area contributed by atoms with Crippen LogP contribution in [0.15, 0.2) is 12.1 Å². The molecule has 0 aromatic heterocycles. The maximum atomic E-state index is 13.4. The van der Waals surface area contributed by atoms with Crippen molar-refractivity contribution in [3.8, 4) is 5.75 Å². The van der Waals surface area contributed by atoms with E-state index in [-0.39, 0.29) is 11.3 Å². The smallest absolute Gasteiger partial charge is 0.339 e. The molecule has 0 aliphatic heterocycles. The number of methoxy groups -OCH3 is 2. The van der Waals surface area contributed by atoms with Gasteiger partial charge in [-0.15, -0.1) is 0 Å². The molecule has 0 aliphatic carbocycles.